The summed E-state index contributed by atoms with van der Waals surface area (Å²) in [4.78, 5) is 12.6. The fourth-order valence-electron chi connectivity index (χ4n) is 2.65. The van der Waals surface area contributed by atoms with Crippen LogP contribution in [0.2, 0.25) is 5.02 Å². The molecule has 3 rings (SSSR count). The van der Waals surface area contributed by atoms with Crippen LogP contribution in [0, 0.1) is 6.92 Å². The van der Waals surface area contributed by atoms with Gasteiger partial charge in [0.05, 0.1) is 17.7 Å². The fraction of sp³-hybridized carbons (Fsp3) is 0.0952. The van der Waals surface area contributed by atoms with Crippen LogP contribution < -0.4 is 14.8 Å². The van der Waals surface area contributed by atoms with Crippen LogP contribution in [0.5, 0.6) is 5.75 Å². The molecule has 0 heterocycles. The second kappa shape index (κ2) is 8.55. The molecule has 8 heteroatoms. The summed E-state index contributed by atoms with van der Waals surface area (Å²) >= 11 is 5.93. The van der Waals surface area contributed by atoms with Crippen LogP contribution in [0.4, 0.5) is 11.4 Å². The number of benzene rings is 3. The highest BCUT2D eigenvalue weighted by molar-refractivity contribution is 7.92. The number of carbonyl (C=O) groups is 1. The van der Waals surface area contributed by atoms with Crippen molar-refractivity contribution in [3.8, 4) is 5.75 Å². The number of amides is 1. The third-order valence-electron chi connectivity index (χ3n) is 4.19. The highest BCUT2D eigenvalue weighted by Gasteiger charge is 2.16. The van der Waals surface area contributed by atoms with Crippen molar-refractivity contribution in [2.45, 2.75) is 11.8 Å². The lowest BCUT2D eigenvalue weighted by atomic mass is 10.1. The van der Waals surface area contributed by atoms with Crippen molar-refractivity contribution in [1.82, 2.24) is 0 Å². The number of hydrogen-bond acceptors (Lipinski definition) is 4. The van der Waals surface area contributed by atoms with Crippen LogP contribution in [0.1, 0.15) is 15.9 Å². The quantitative estimate of drug-likeness (QED) is 0.593. The minimum atomic E-state index is -3.77. The Balaban J connectivity index is 1.77. The summed E-state index contributed by atoms with van der Waals surface area (Å²) in [5.41, 5.74) is 1.97. The van der Waals surface area contributed by atoms with Crippen LogP contribution in [-0.2, 0) is 10.0 Å². The summed E-state index contributed by atoms with van der Waals surface area (Å²) in [5, 5.41) is 3.27. The van der Waals surface area contributed by atoms with Crippen molar-refractivity contribution in [3.05, 3.63) is 82.9 Å². The minimum Gasteiger partial charge on any atom is -0.497 e. The molecule has 0 aromatic heterocycles. The molecule has 3 aromatic rings. The zero-order valence-electron chi connectivity index (χ0n) is 15.8. The number of halogens is 1. The maximum Gasteiger partial charge on any atom is 0.261 e. The lowest BCUT2D eigenvalue weighted by Crippen LogP contribution is -2.15. The van der Waals surface area contributed by atoms with E-state index in [-0.39, 0.29) is 10.8 Å². The number of carbonyl (C=O) groups excluding carboxylic acids is 1. The molecule has 0 saturated heterocycles. The van der Waals surface area contributed by atoms with Gasteiger partial charge in [-0.15, -0.1) is 0 Å². The monoisotopic (exact) mass is 430 g/mol. The number of anilines is 2. The van der Waals surface area contributed by atoms with Crippen molar-refractivity contribution in [2.75, 3.05) is 17.1 Å². The topological polar surface area (TPSA) is 84.5 Å². The van der Waals surface area contributed by atoms with E-state index in [1.807, 2.05) is 0 Å². The summed E-state index contributed by atoms with van der Waals surface area (Å²) in [7, 11) is -2.26. The van der Waals surface area contributed by atoms with E-state index in [0.29, 0.717) is 33.3 Å². The number of nitrogens with one attached hydrogen (secondary N) is 2. The predicted molar refractivity (Wildman–Crippen MR) is 114 cm³/mol. The molecule has 0 bridgehead atoms. The Kier molecular flexibility index (Phi) is 6.10. The van der Waals surface area contributed by atoms with Gasteiger partial charge in [-0.25, -0.2) is 8.42 Å². The van der Waals surface area contributed by atoms with E-state index >= 15 is 0 Å². The first kappa shape index (κ1) is 20.7. The van der Waals surface area contributed by atoms with Crippen LogP contribution in [0.25, 0.3) is 0 Å². The number of hydrogen-bond donors (Lipinski definition) is 2. The molecule has 0 aliphatic heterocycles. The molecule has 1 amide bonds. The van der Waals surface area contributed by atoms with Crippen LogP contribution in [-0.4, -0.2) is 21.4 Å². The normalized spacial score (nSPS) is 11.0. The van der Waals surface area contributed by atoms with Crippen molar-refractivity contribution in [3.63, 3.8) is 0 Å². The maximum atomic E-state index is 12.6. The van der Waals surface area contributed by atoms with Gasteiger partial charge in [-0.1, -0.05) is 17.7 Å². The average Bonchev–Trinajstić information content (AvgIpc) is 2.69. The molecule has 29 heavy (non-hydrogen) atoms. The van der Waals surface area contributed by atoms with Gasteiger partial charge in [0, 0.05) is 16.3 Å². The highest BCUT2D eigenvalue weighted by Crippen LogP contribution is 2.23. The molecule has 2 N–H and O–H groups in total. The van der Waals surface area contributed by atoms with Gasteiger partial charge in [0.2, 0.25) is 0 Å². The SMILES string of the molecule is COc1ccc(S(=O)(=O)Nc2ccc(C(=O)Nc3cccc(Cl)c3)cc2C)cc1. The zero-order valence-corrected chi connectivity index (χ0v) is 17.3. The molecule has 0 unspecified atom stereocenters. The van der Waals surface area contributed by atoms with E-state index in [1.54, 1.807) is 61.5 Å². The molecule has 0 aliphatic carbocycles. The first-order chi connectivity index (χ1) is 13.8. The second-order valence-corrected chi connectivity index (χ2v) is 8.39. The average molecular weight is 431 g/mol. The zero-order chi connectivity index (χ0) is 21.0. The van der Waals surface area contributed by atoms with E-state index in [2.05, 4.69) is 10.0 Å². The second-order valence-electron chi connectivity index (χ2n) is 6.28. The fourth-order valence-corrected chi connectivity index (χ4v) is 3.97. The molecule has 0 atom stereocenters. The van der Waals surface area contributed by atoms with Crippen LogP contribution in [0.3, 0.4) is 0 Å². The minimum absolute atomic E-state index is 0.112. The molecule has 150 valence electrons. The Labute approximate surface area is 174 Å². The number of ether oxygens (including phenoxy) is 1. The molecular formula is C21H19ClN2O4S. The van der Waals surface area contributed by atoms with Gasteiger partial charge in [0.25, 0.3) is 15.9 Å². The lowest BCUT2D eigenvalue weighted by Gasteiger charge is -2.12. The van der Waals surface area contributed by atoms with Gasteiger partial charge in [0.15, 0.2) is 0 Å². The van der Waals surface area contributed by atoms with E-state index in [9.17, 15) is 13.2 Å². The van der Waals surface area contributed by atoms with Crippen molar-refractivity contribution >= 4 is 38.9 Å². The van der Waals surface area contributed by atoms with Crippen LogP contribution >= 0.6 is 11.6 Å². The maximum absolute atomic E-state index is 12.6. The Morgan fingerprint density at radius 1 is 1.00 bits per heavy atom. The number of rotatable bonds is 6. The summed E-state index contributed by atoms with van der Waals surface area (Å²) < 4.78 is 32.8. The largest absolute Gasteiger partial charge is 0.497 e. The molecule has 0 saturated carbocycles. The highest BCUT2D eigenvalue weighted by atomic mass is 35.5. The summed E-state index contributed by atoms with van der Waals surface area (Å²) in [5.74, 6) is 0.245. The van der Waals surface area contributed by atoms with Gasteiger partial charge in [-0.2, -0.15) is 0 Å². The van der Waals surface area contributed by atoms with Crippen molar-refractivity contribution in [1.29, 1.82) is 0 Å². The Morgan fingerprint density at radius 2 is 1.72 bits per heavy atom. The Hall–Kier alpha value is -3.03. The molecule has 0 aliphatic rings. The number of methoxy groups -OCH3 is 1. The lowest BCUT2D eigenvalue weighted by molar-refractivity contribution is 0.102. The van der Waals surface area contributed by atoms with Gasteiger partial charge in [0.1, 0.15) is 5.75 Å². The smallest absolute Gasteiger partial charge is 0.261 e. The van der Waals surface area contributed by atoms with E-state index in [1.165, 1.54) is 19.2 Å². The predicted octanol–water partition coefficient (Wildman–Crippen LogP) is 4.71. The Bertz CT molecular complexity index is 1150. The van der Waals surface area contributed by atoms with Crippen molar-refractivity contribution < 1.29 is 17.9 Å². The first-order valence-electron chi connectivity index (χ1n) is 8.63. The molecule has 0 radical (unpaired) electrons. The van der Waals surface area contributed by atoms with Gasteiger partial charge in [-0.3, -0.25) is 9.52 Å². The van der Waals surface area contributed by atoms with Gasteiger partial charge in [-0.05, 0) is 73.2 Å². The number of sulfonamides is 1. The van der Waals surface area contributed by atoms with Gasteiger partial charge >= 0.3 is 0 Å². The molecule has 6 nitrogen and oxygen atoms in total. The van der Waals surface area contributed by atoms with Gasteiger partial charge < -0.3 is 10.1 Å². The summed E-state index contributed by atoms with van der Waals surface area (Å²) in [6, 6.07) is 17.6. The van der Waals surface area contributed by atoms with Crippen molar-refractivity contribution in [2.24, 2.45) is 0 Å². The summed E-state index contributed by atoms with van der Waals surface area (Å²) in [6.45, 7) is 1.72. The van der Waals surface area contributed by atoms with E-state index in [0.717, 1.165) is 0 Å². The first-order valence-corrected chi connectivity index (χ1v) is 10.5. The summed E-state index contributed by atoms with van der Waals surface area (Å²) in [6.07, 6.45) is 0. The molecule has 0 fully saturated rings. The standard InChI is InChI=1S/C21H19ClN2O4S/c1-14-12-15(21(25)23-17-5-3-4-16(22)13-17)6-11-20(14)24-29(26,27)19-9-7-18(28-2)8-10-19/h3-13,24H,1-2H3,(H,23,25). The van der Waals surface area contributed by atoms with E-state index < -0.39 is 10.0 Å². The molecular weight excluding hydrogens is 412 g/mol. The molecule has 0 spiro atoms. The van der Waals surface area contributed by atoms with E-state index in [4.69, 9.17) is 16.3 Å². The molecule has 3 aromatic carbocycles. The number of aryl methyl sites for hydroxylation is 1. The Morgan fingerprint density at radius 3 is 2.34 bits per heavy atom. The third-order valence-corrected chi connectivity index (χ3v) is 5.80. The van der Waals surface area contributed by atoms with Crippen LogP contribution in [0.15, 0.2) is 71.6 Å². The third kappa shape index (κ3) is 5.07.